The van der Waals surface area contributed by atoms with Crippen molar-refractivity contribution in [1.82, 2.24) is 5.32 Å². The van der Waals surface area contributed by atoms with Crippen molar-refractivity contribution < 1.29 is 33.5 Å². The fraction of sp³-hybridized carbons (Fsp3) is 0.353. The van der Waals surface area contributed by atoms with Gasteiger partial charge in [-0.15, -0.1) is 5.06 Å². The number of hydrogen-bond acceptors (Lipinski definition) is 9. The van der Waals surface area contributed by atoms with Crippen LogP contribution in [0.15, 0.2) is 66.7 Å². The number of hydroxylamine groups is 1. The van der Waals surface area contributed by atoms with Crippen LogP contribution in [0.5, 0.6) is 17.2 Å². The Morgan fingerprint density at radius 1 is 0.957 bits per heavy atom. The maximum atomic E-state index is 13.2. The molecule has 3 aromatic carbocycles. The van der Waals surface area contributed by atoms with Crippen molar-refractivity contribution in [3.8, 4) is 17.2 Å². The van der Waals surface area contributed by atoms with Gasteiger partial charge in [-0.3, -0.25) is 24.6 Å². The third-order valence-corrected chi connectivity index (χ3v) is 8.31. The number of nitrogens with zero attached hydrogens (tertiary/aromatic N) is 3. The largest absolute Gasteiger partial charge is 0.455 e. The van der Waals surface area contributed by atoms with Crippen molar-refractivity contribution in [2.45, 2.75) is 57.8 Å². The number of carbonyl (C=O) groups is 4. The summed E-state index contributed by atoms with van der Waals surface area (Å²) < 4.78 is 12.0. The molecule has 2 heterocycles. The summed E-state index contributed by atoms with van der Waals surface area (Å²) in [4.78, 5) is 59.4. The Morgan fingerprint density at radius 2 is 1.63 bits per heavy atom. The average molecular weight is 647 g/mol. The SMILES string of the molecule is CC(=O)N(Oc1ccc(CC2SC(=O)NC2=O)cc1)c1ccc(Oc2ccccc2N2CCCC2)cc1N(C)C(=O)OC(C)(C)C. The number of benzene rings is 3. The molecule has 46 heavy (non-hydrogen) atoms. The third-order valence-electron chi connectivity index (χ3n) is 7.33. The molecule has 0 aliphatic carbocycles. The highest BCUT2D eigenvalue weighted by Gasteiger charge is 2.32. The number of imide groups is 1. The highest BCUT2D eigenvalue weighted by molar-refractivity contribution is 8.15. The van der Waals surface area contributed by atoms with E-state index in [9.17, 15) is 19.2 Å². The minimum absolute atomic E-state index is 0.294. The van der Waals surface area contributed by atoms with E-state index in [1.165, 1.54) is 11.8 Å². The number of nitrogens with one attached hydrogen (secondary N) is 1. The Hall–Kier alpha value is -4.71. The van der Waals surface area contributed by atoms with Crippen LogP contribution >= 0.6 is 11.8 Å². The molecule has 4 amide bonds. The Kier molecular flexibility index (Phi) is 9.76. The fourth-order valence-electron chi connectivity index (χ4n) is 5.14. The van der Waals surface area contributed by atoms with Crippen LogP contribution < -0.4 is 29.8 Å². The number of ether oxygens (including phenoxy) is 2. The Labute approximate surface area is 272 Å². The predicted molar refractivity (Wildman–Crippen MR) is 178 cm³/mol. The number of thioether (sulfide) groups is 1. The molecule has 3 aromatic rings. The molecule has 11 nitrogen and oxygen atoms in total. The van der Waals surface area contributed by atoms with Gasteiger partial charge in [0.25, 0.3) is 11.1 Å². The van der Waals surface area contributed by atoms with Gasteiger partial charge in [-0.25, -0.2) is 4.79 Å². The fourth-order valence-corrected chi connectivity index (χ4v) is 6.00. The molecular formula is C34H38N4O7S. The van der Waals surface area contributed by atoms with Gasteiger partial charge in [0.2, 0.25) is 5.91 Å². The quantitative estimate of drug-likeness (QED) is 0.254. The van der Waals surface area contributed by atoms with Crippen LogP contribution in [0.2, 0.25) is 0 Å². The molecule has 1 unspecified atom stereocenters. The van der Waals surface area contributed by atoms with Gasteiger partial charge in [-0.05, 0) is 82.0 Å². The highest BCUT2D eigenvalue weighted by Crippen LogP contribution is 2.39. The van der Waals surface area contributed by atoms with Gasteiger partial charge in [0.1, 0.15) is 17.0 Å². The van der Waals surface area contributed by atoms with Crippen LogP contribution in [0.1, 0.15) is 46.1 Å². The van der Waals surface area contributed by atoms with Crippen LogP contribution in [0, 0.1) is 0 Å². The lowest BCUT2D eigenvalue weighted by Gasteiger charge is -2.29. The zero-order valence-corrected chi connectivity index (χ0v) is 27.4. The molecule has 2 saturated heterocycles. The summed E-state index contributed by atoms with van der Waals surface area (Å²) in [5.74, 6) is 0.742. The van der Waals surface area contributed by atoms with Crippen LogP contribution in [-0.2, 0) is 20.7 Å². The number of amides is 4. The maximum Gasteiger partial charge on any atom is 0.414 e. The molecule has 0 saturated carbocycles. The number of hydrogen-bond donors (Lipinski definition) is 1. The van der Waals surface area contributed by atoms with Gasteiger partial charge in [0.15, 0.2) is 11.5 Å². The van der Waals surface area contributed by atoms with E-state index in [1.807, 2.05) is 24.3 Å². The third kappa shape index (κ3) is 7.92. The zero-order chi connectivity index (χ0) is 33.0. The van der Waals surface area contributed by atoms with Crippen LogP contribution in [0.3, 0.4) is 0 Å². The lowest BCUT2D eigenvalue weighted by atomic mass is 10.1. The number of anilines is 3. The second-order valence-electron chi connectivity index (χ2n) is 12.1. The first kappa shape index (κ1) is 32.7. The van der Waals surface area contributed by atoms with E-state index < -0.39 is 22.9 Å². The molecule has 2 aliphatic rings. The predicted octanol–water partition coefficient (Wildman–Crippen LogP) is 6.69. The zero-order valence-electron chi connectivity index (χ0n) is 26.6. The van der Waals surface area contributed by atoms with Crippen molar-refractivity contribution in [3.05, 3.63) is 72.3 Å². The molecule has 0 spiro atoms. The highest BCUT2D eigenvalue weighted by atomic mass is 32.2. The summed E-state index contributed by atoms with van der Waals surface area (Å²) in [5, 5.41) is 2.54. The van der Waals surface area contributed by atoms with Crippen LogP contribution in [-0.4, -0.2) is 54.1 Å². The molecule has 2 fully saturated rings. The molecule has 0 radical (unpaired) electrons. The van der Waals surface area contributed by atoms with Gasteiger partial charge in [0, 0.05) is 33.1 Å². The van der Waals surface area contributed by atoms with Crippen molar-refractivity contribution in [2.24, 2.45) is 0 Å². The van der Waals surface area contributed by atoms with E-state index in [2.05, 4.69) is 10.2 Å². The van der Waals surface area contributed by atoms with E-state index in [4.69, 9.17) is 14.3 Å². The van der Waals surface area contributed by atoms with E-state index in [1.54, 1.807) is 70.3 Å². The Morgan fingerprint density at radius 3 is 2.26 bits per heavy atom. The van der Waals surface area contributed by atoms with E-state index >= 15 is 0 Å². The second-order valence-corrected chi connectivity index (χ2v) is 13.3. The molecule has 0 aromatic heterocycles. The van der Waals surface area contributed by atoms with Gasteiger partial charge < -0.3 is 19.2 Å². The molecule has 1 N–H and O–H groups in total. The Bertz CT molecular complexity index is 1620. The Balaban J connectivity index is 1.44. The monoisotopic (exact) mass is 646 g/mol. The van der Waals surface area contributed by atoms with Gasteiger partial charge >= 0.3 is 6.09 Å². The normalized spacial score (nSPS) is 16.2. The smallest absolute Gasteiger partial charge is 0.414 e. The molecule has 242 valence electrons. The van der Waals surface area contributed by atoms with Gasteiger partial charge in [0.05, 0.1) is 16.6 Å². The first-order valence-electron chi connectivity index (χ1n) is 15.1. The van der Waals surface area contributed by atoms with Crippen molar-refractivity contribution in [3.63, 3.8) is 0 Å². The topological polar surface area (TPSA) is 118 Å². The minimum atomic E-state index is -0.752. The van der Waals surface area contributed by atoms with Crippen LogP contribution in [0.25, 0.3) is 0 Å². The summed E-state index contributed by atoms with van der Waals surface area (Å²) in [6.07, 6.45) is 1.99. The average Bonchev–Trinajstić information content (AvgIpc) is 3.65. The van der Waals surface area contributed by atoms with E-state index in [-0.39, 0.29) is 11.1 Å². The van der Waals surface area contributed by atoms with Crippen molar-refractivity contribution in [2.75, 3.05) is 35.0 Å². The lowest BCUT2D eigenvalue weighted by molar-refractivity contribution is -0.120. The molecule has 2 aliphatic heterocycles. The van der Waals surface area contributed by atoms with Gasteiger partial charge in [-0.1, -0.05) is 36.0 Å². The minimum Gasteiger partial charge on any atom is -0.455 e. The standard InChI is InChI=1S/C34H38N4O7S/c1-22(39)38(45-24-14-12-23(13-15-24)20-30-31(40)35-32(41)46-30)26-17-16-25(21-28(26)36(5)33(42)44-34(2,3)4)43-29-11-7-6-10-27(29)37-18-8-9-19-37/h6-7,10-17,21,30H,8-9,18-20H2,1-5H3,(H,35,40,41). The summed E-state index contributed by atoms with van der Waals surface area (Å²) >= 11 is 0.964. The summed E-state index contributed by atoms with van der Waals surface area (Å²) in [6, 6.07) is 19.8. The maximum absolute atomic E-state index is 13.2. The van der Waals surface area contributed by atoms with E-state index in [0.717, 1.165) is 54.0 Å². The molecule has 5 rings (SSSR count). The lowest BCUT2D eigenvalue weighted by Crippen LogP contribution is -2.37. The molecule has 1 atom stereocenters. The summed E-state index contributed by atoms with van der Waals surface area (Å²) in [6.45, 7) is 8.59. The van der Waals surface area contributed by atoms with E-state index in [0.29, 0.717) is 35.0 Å². The molecular weight excluding hydrogens is 608 g/mol. The van der Waals surface area contributed by atoms with Crippen molar-refractivity contribution in [1.29, 1.82) is 0 Å². The number of carbonyl (C=O) groups excluding carboxylic acids is 4. The molecule has 0 bridgehead atoms. The number of para-hydroxylation sites is 2. The summed E-state index contributed by atoms with van der Waals surface area (Å²) in [7, 11) is 1.56. The molecule has 12 heteroatoms. The van der Waals surface area contributed by atoms with Crippen molar-refractivity contribution >= 4 is 52.0 Å². The van der Waals surface area contributed by atoms with Gasteiger partial charge in [-0.2, -0.15) is 0 Å². The first-order chi connectivity index (χ1) is 21.9. The first-order valence-corrected chi connectivity index (χ1v) is 16.0. The van der Waals surface area contributed by atoms with Crippen LogP contribution in [0.4, 0.5) is 26.7 Å². The second kappa shape index (κ2) is 13.7. The number of rotatable bonds is 9. The summed E-state index contributed by atoms with van der Waals surface area (Å²) in [5.41, 5.74) is 1.68.